The first-order chi connectivity index (χ1) is 10.3. The molecule has 0 aliphatic heterocycles. The molecule has 1 aromatic carbocycles. The Bertz CT molecular complexity index is 668. The average Bonchev–Trinajstić information content (AvgIpc) is 2.53. The molecule has 0 atom stereocenters. The molecule has 4 nitrogen and oxygen atoms in total. The van der Waals surface area contributed by atoms with Gasteiger partial charge in [0.2, 0.25) is 0 Å². The highest BCUT2D eigenvalue weighted by atomic mass is 16.5. The number of benzene rings is 1. The lowest BCUT2D eigenvalue weighted by Gasteiger charge is -2.14. The Labute approximate surface area is 124 Å². The molecule has 0 radical (unpaired) electrons. The highest BCUT2D eigenvalue weighted by Gasteiger charge is 2.19. The van der Waals surface area contributed by atoms with Crippen molar-refractivity contribution >= 4 is 5.78 Å². The zero-order valence-corrected chi connectivity index (χ0v) is 12.1. The highest BCUT2D eigenvalue weighted by Crippen LogP contribution is 2.24. The molecule has 3 rings (SSSR count). The summed E-state index contributed by atoms with van der Waals surface area (Å²) in [5, 5.41) is 0. The maximum atomic E-state index is 11.8. The van der Waals surface area contributed by atoms with Gasteiger partial charge in [0.15, 0.2) is 11.6 Å². The lowest BCUT2D eigenvalue weighted by atomic mass is 9.96. The van der Waals surface area contributed by atoms with Crippen molar-refractivity contribution in [2.24, 2.45) is 0 Å². The van der Waals surface area contributed by atoms with Gasteiger partial charge in [-0.1, -0.05) is 19.1 Å². The molecule has 0 N–H and O–H groups in total. The number of hydrogen-bond donors (Lipinski definition) is 0. The van der Waals surface area contributed by atoms with Crippen molar-refractivity contribution in [3.05, 3.63) is 41.7 Å². The van der Waals surface area contributed by atoms with Crippen molar-refractivity contribution in [1.29, 1.82) is 0 Å². The van der Waals surface area contributed by atoms with Gasteiger partial charge in [-0.2, -0.15) is 0 Å². The molecule has 1 heterocycles. The Hall–Kier alpha value is -2.23. The summed E-state index contributed by atoms with van der Waals surface area (Å²) in [5.74, 6) is 1.64. The van der Waals surface area contributed by atoms with Crippen LogP contribution >= 0.6 is 0 Å². The van der Waals surface area contributed by atoms with Crippen LogP contribution in [0.25, 0.3) is 11.4 Å². The Balaban J connectivity index is 1.92. The largest absolute Gasteiger partial charge is 0.494 e. The van der Waals surface area contributed by atoms with Crippen molar-refractivity contribution in [3.8, 4) is 17.1 Å². The summed E-state index contributed by atoms with van der Waals surface area (Å²) in [7, 11) is 0. The Morgan fingerprint density at radius 1 is 1.29 bits per heavy atom. The predicted octanol–water partition coefficient (Wildman–Crippen LogP) is 3.45. The van der Waals surface area contributed by atoms with Gasteiger partial charge in [-0.05, 0) is 31.4 Å². The van der Waals surface area contributed by atoms with Gasteiger partial charge in [0.25, 0.3) is 0 Å². The third-order valence-electron chi connectivity index (χ3n) is 3.55. The molecule has 4 heteroatoms. The minimum atomic E-state index is 0.155. The van der Waals surface area contributed by atoms with Crippen LogP contribution in [-0.4, -0.2) is 22.4 Å². The number of carbonyl (C=O) groups excluding carboxylic acids is 1. The normalized spacial score (nSPS) is 13.9. The van der Waals surface area contributed by atoms with Crippen LogP contribution in [0.4, 0.5) is 0 Å². The maximum absolute atomic E-state index is 11.8. The van der Waals surface area contributed by atoms with Gasteiger partial charge in [0, 0.05) is 18.2 Å². The van der Waals surface area contributed by atoms with Crippen LogP contribution in [0.5, 0.6) is 5.75 Å². The van der Waals surface area contributed by atoms with Crippen molar-refractivity contribution in [3.63, 3.8) is 0 Å². The Morgan fingerprint density at radius 2 is 2.19 bits per heavy atom. The fourth-order valence-corrected chi connectivity index (χ4v) is 2.48. The number of ketones is 1. The van der Waals surface area contributed by atoms with E-state index in [1.54, 1.807) is 6.20 Å². The van der Waals surface area contributed by atoms with E-state index in [0.717, 1.165) is 36.3 Å². The second-order valence-electron chi connectivity index (χ2n) is 5.21. The summed E-state index contributed by atoms with van der Waals surface area (Å²) >= 11 is 0. The fourth-order valence-electron chi connectivity index (χ4n) is 2.48. The number of aromatic nitrogens is 2. The van der Waals surface area contributed by atoms with E-state index >= 15 is 0 Å². The first-order valence-electron chi connectivity index (χ1n) is 7.40. The van der Waals surface area contributed by atoms with Gasteiger partial charge in [0.1, 0.15) is 5.75 Å². The SMILES string of the molecule is CCCOc1cccc(-c2ncc3c(n2)CCCC3=O)c1. The van der Waals surface area contributed by atoms with Gasteiger partial charge in [-0.25, -0.2) is 9.97 Å². The summed E-state index contributed by atoms with van der Waals surface area (Å²) in [6.45, 7) is 2.77. The van der Waals surface area contributed by atoms with Crippen LogP contribution < -0.4 is 4.74 Å². The number of Topliss-reactive ketones (excluding diaryl/α,β-unsaturated/α-hetero) is 1. The Kier molecular flexibility index (Phi) is 3.95. The molecule has 2 aromatic rings. The molecule has 0 saturated carbocycles. The second kappa shape index (κ2) is 6.04. The van der Waals surface area contributed by atoms with Gasteiger partial charge < -0.3 is 4.74 Å². The maximum Gasteiger partial charge on any atom is 0.166 e. The summed E-state index contributed by atoms with van der Waals surface area (Å²) in [6, 6.07) is 7.78. The van der Waals surface area contributed by atoms with E-state index in [4.69, 9.17) is 4.74 Å². The van der Waals surface area contributed by atoms with Crippen LogP contribution in [0, 0.1) is 0 Å². The van der Waals surface area contributed by atoms with Crippen LogP contribution in [0.2, 0.25) is 0 Å². The van der Waals surface area contributed by atoms with Crippen LogP contribution in [-0.2, 0) is 6.42 Å². The van der Waals surface area contributed by atoms with Crippen molar-refractivity contribution in [2.75, 3.05) is 6.61 Å². The van der Waals surface area contributed by atoms with Gasteiger partial charge in [-0.3, -0.25) is 4.79 Å². The summed E-state index contributed by atoms with van der Waals surface area (Å²) in [5.41, 5.74) is 2.48. The first-order valence-corrected chi connectivity index (χ1v) is 7.40. The smallest absolute Gasteiger partial charge is 0.166 e. The molecule has 21 heavy (non-hydrogen) atoms. The van der Waals surface area contributed by atoms with Crippen molar-refractivity contribution in [2.45, 2.75) is 32.6 Å². The van der Waals surface area contributed by atoms with E-state index in [0.29, 0.717) is 24.4 Å². The van der Waals surface area contributed by atoms with Gasteiger partial charge in [0.05, 0.1) is 17.9 Å². The molecule has 0 bridgehead atoms. The molecule has 0 amide bonds. The van der Waals surface area contributed by atoms with E-state index in [2.05, 4.69) is 16.9 Å². The number of ether oxygens (including phenoxy) is 1. The van der Waals surface area contributed by atoms with E-state index in [1.165, 1.54) is 0 Å². The minimum Gasteiger partial charge on any atom is -0.494 e. The van der Waals surface area contributed by atoms with E-state index in [1.807, 2.05) is 24.3 Å². The summed E-state index contributed by atoms with van der Waals surface area (Å²) in [6.07, 6.45) is 4.97. The first kappa shape index (κ1) is 13.7. The predicted molar refractivity (Wildman–Crippen MR) is 80.5 cm³/mol. The fraction of sp³-hybridized carbons (Fsp3) is 0.353. The number of hydrogen-bond acceptors (Lipinski definition) is 4. The minimum absolute atomic E-state index is 0.155. The molecule has 0 fully saturated rings. The summed E-state index contributed by atoms with van der Waals surface area (Å²) in [4.78, 5) is 20.7. The third-order valence-corrected chi connectivity index (χ3v) is 3.55. The second-order valence-corrected chi connectivity index (χ2v) is 5.21. The van der Waals surface area contributed by atoms with Crippen molar-refractivity contribution < 1.29 is 9.53 Å². The monoisotopic (exact) mass is 282 g/mol. The molecular weight excluding hydrogens is 264 g/mol. The van der Waals surface area contributed by atoms with Crippen LogP contribution in [0.3, 0.4) is 0 Å². The summed E-state index contributed by atoms with van der Waals surface area (Å²) < 4.78 is 5.64. The van der Waals surface area contributed by atoms with Gasteiger partial charge >= 0.3 is 0 Å². The zero-order valence-electron chi connectivity index (χ0n) is 12.1. The zero-order chi connectivity index (χ0) is 14.7. The number of nitrogens with zero attached hydrogens (tertiary/aromatic N) is 2. The number of aryl methyl sites for hydroxylation is 1. The average molecular weight is 282 g/mol. The van der Waals surface area contributed by atoms with E-state index < -0.39 is 0 Å². The molecule has 1 aliphatic rings. The number of carbonyl (C=O) groups is 1. The number of rotatable bonds is 4. The molecular formula is C17H18N2O2. The molecule has 0 unspecified atom stereocenters. The molecule has 108 valence electrons. The van der Waals surface area contributed by atoms with Crippen LogP contribution in [0.1, 0.15) is 42.2 Å². The quantitative estimate of drug-likeness (QED) is 0.861. The molecule has 1 aliphatic carbocycles. The van der Waals surface area contributed by atoms with E-state index in [-0.39, 0.29) is 5.78 Å². The third kappa shape index (κ3) is 2.94. The molecule has 0 spiro atoms. The lowest BCUT2D eigenvalue weighted by Crippen LogP contribution is -2.13. The van der Waals surface area contributed by atoms with Crippen molar-refractivity contribution in [1.82, 2.24) is 9.97 Å². The number of fused-ring (bicyclic) bond motifs is 1. The van der Waals surface area contributed by atoms with E-state index in [9.17, 15) is 4.79 Å². The van der Waals surface area contributed by atoms with Crippen LogP contribution in [0.15, 0.2) is 30.5 Å². The highest BCUT2D eigenvalue weighted by molar-refractivity contribution is 5.97. The molecule has 0 saturated heterocycles. The lowest BCUT2D eigenvalue weighted by molar-refractivity contribution is 0.0971. The molecule has 1 aromatic heterocycles. The Morgan fingerprint density at radius 3 is 3.05 bits per heavy atom. The standard InChI is InChI=1S/C17H18N2O2/c1-2-9-21-13-6-3-5-12(10-13)17-18-11-14-15(19-17)7-4-8-16(14)20/h3,5-6,10-11H,2,4,7-9H2,1H3. The van der Waals surface area contributed by atoms with Gasteiger partial charge in [-0.15, -0.1) is 0 Å². The topological polar surface area (TPSA) is 52.1 Å².